The summed E-state index contributed by atoms with van der Waals surface area (Å²) in [6.07, 6.45) is 6.90. The van der Waals surface area contributed by atoms with E-state index in [9.17, 15) is 4.79 Å². The Morgan fingerprint density at radius 1 is 1.35 bits per heavy atom. The number of thiazole rings is 1. The van der Waals surface area contributed by atoms with Gasteiger partial charge in [-0.3, -0.25) is 9.78 Å². The molecule has 0 saturated heterocycles. The molecule has 0 aliphatic rings. The minimum atomic E-state index is 0.00148. The second kappa shape index (κ2) is 10.1. The van der Waals surface area contributed by atoms with E-state index in [0.29, 0.717) is 19.6 Å². The van der Waals surface area contributed by atoms with Crippen LogP contribution in [0.5, 0.6) is 0 Å². The van der Waals surface area contributed by atoms with Gasteiger partial charge in [-0.05, 0) is 25.0 Å². The lowest BCUT2D eigenvalue weighted by atomic mass is 10.3. The minimum absolute atomic E-state index is 0.00148. The second-order valence-electron chi connectivity index (χ2n) is 5.23. The summed E-state index contributed by atoms with van der Waals surface area (Å²) >= 11 is 1.53. The first-order chi connectivity index (χ1) is 11.3. The van der Waals surface area contributed by atoms with E-state index < -0.39 is 0 Å². The molecule has 2 aromatic heterocycles. The van der Waals surface area contributed by atoms with Gasteiger partial charge in [0.15, 0.2) is 0 Å². The van der Waals surface area contributed by atoms with Crippen molar-refractivity contribution in [3.05, 3.63) is 35.6 Å². The first-order valence-corrected chi connectivity index (χ1v) is 8.87. The molecular weight excluding hydrogens is 310 g/mol. The molecule has 6 heteroatoms. The highest BCUT2D eigenvalue weighted by atomic mass is 32.1. The molecule has 0 aromatic carbocycles. The van der Waals surface area contributed by atoms with Crippen molar-refractivity contribution in [1.29, 1.82) is 0 Å². The van der Waals surface area contributed by atoms with Crippen LogP contribution < -0.4 is 5.32 Å². The number of ether oxygens (including phenoxy) is 1. The maximum atomic E-state index is 11.9. The van der Waals surface area contributed by atoms with Crippen LogP contribution in [-0.4, -0.2) is 35.6 Å². The first-order valence-electron chi connectivity index (χ1n) is 7.99. The highest BCUT2D eigenvalue weighted by molar-refractivity contribution is 7.13. The summed E-state index contributed by atoms with van der Waals surface area (Å²) in [5.74, 6) is 0.00148. The minimum Gasteiger partial charge on any atom is -0.381 e. The Hall–Kier alpha value is -1.79. The SMILES string of the molecule is CCCCOCCCNC(=O)Cc1csc(-c2cccnc2)n1. The molecule has 0 spiro atoms. The number of rotatable bonds is 10. The van der Waals surface area contributed by atoms with Crippen molar-refractivity contribution in [2.45, 2.75) is 32.6 Å². The Morgan fingerprint density at radius 3 is 3.00 bits per heavy atom. The average Bonchev–Trinajstić information content (AvgIpc) is 3.03. The van der Waals surface area contributed by atoms with E-state index in [1.807, 2.05) is 17.5 Å². The molecule has 0 aliphatic carbocycles. The van der Waals surface area contributed by atoms with E-state index in [0.717, 1.165) is 42.1 Å². The Morgan fingerprint density at radius 2 is 2.22 bits per heavy atom. The van der Waals surface area contributed by atoms with Crippen molar-refractivity contribution in [1.82, 2.24) is 15.3 Å². The van der Waals surface area contributed by atoms with Gasteiger partial charge in [0.1, 0.15) is 5.01 Å². The first kappa shape index (κ1) is 17.6. The number of pyridine rings is 1. The summed E-state index contributed by atoms with van der Waals surface area (Å²) in [6.45, 7) is 4.29. The van der Waals surface area contributed by atoms with E-state index in [1.54, 1.807) is 12.4 Å². The van der Waals surface area contributed by atoms with Crippen LogP contribution in [0, 0.1) is 0 Å². The largest absolute Gasteiger partial charge is 0.381 e. The molecule has 2 aromatic rings. The molecule has 2 rings (SSSR count). The van der Waals surface area contributed by atoms with Gasteiger partial charge in [-0.1, -0.05) is 13.3 Å². The molecule has 1 N–H and O–H groups in total. The average molecular weight is 333 g/mol. The maximum Gasteiger partial charge on any atom is 0.226 e. The number of unbranched alkanes of at least 4 members (excludes halogenated alkanes) is 1. The van der Waals surface area contributed by atoms with Gasteiger partial charge in [0.2, 0.25) is 5.91 Å². The summed E-state index contributed by atoms with van der Waals surface area (Å²) in [6, 6.07) is 3.85. The van der Waals surface area contributed by atoms with Crippen molar-refractivity contribution in [3.8, 4) is 10.6 Å². The van der Waals surface area contributed by atoms with Gasteiger partial charge < -0.3 is 10.1 Å². The van der Waals surface area contributed by atoms with E-state index in [4.69, 9.17) is 4.74 Å². The summed E-state index contributed by atoms with van der Waals surface area (Å²) < 4.78 is 5.46. The summed E-state index contributed by atoms with van der Waals surface area (Å²) in [5, 5.41) is 5.72. The second-order valence-corrected chi connectivity index (χ2v) is 6.09. The normalized spacial score (nSPS) is 10.7. The van der Waals surface area contributed by atoms with Crippen LogP contribution in [0.1, 0.15) is 31.9 Å². The van der Waals surface area contributed by atoms with Gasteiger partial charge >= 0.3 is 0 Å². The lowest BCUT2D eigenvalue weighted by Gasteiger charge is -2.05. The van der Waals surface area contributed by atoms with Crippen LogP contribution >= 0.6 is 11.3 Å². The topological polar surface area (TPSA) is 64.1 Å². The van der Waals surface area contributed by atoms with Crippen LogP contribution in [-0.2, 0) is 16.0 Å². The molecule has 124 valence electrons. The van der Waals surface area contributed by atoms with Crippen LogP contribution in [0.15, 0.2) is 29.9 Å². The zero-order valence-corrected chi connectivity index (χ0v) is 14.3. The van der Waals surface area contributed by atoms with Crippen LogP contribution in [0.3, 0.4) is 0 Å². The highest BCUT2D eigenvalue weighted by Crippen LogP contribution is 2.22. The van der Waals surface area contributed by atoms with E-state index >= 15 is 0 Å². The van der Waals surface area contributed by atoms with Crippen LogP contribution in [0.4, 0.5) is 0 Å². The zero-order chi connectivity index (χ0) is 16.3. The fraction of sp³-hybridized carbons (Fsp3) is 0.471. The van der Waals surface area contributed by atoms with Crippen molar-refractivity contribution >= 4 is 17.2 Å². The Bertz CT molecular complexity index is 587. The van der Waals surface area contributed by atoms with Gasteiger partial charge in [-0.2, -0.15) is 0 Å². The highest BCUT2D eigenvalue weighted by Gasteiger charge is 2.08. The van der Waals surface area contributed by atoms with Gasteiger partial charge in [0.05, 0.1) is 12.1 Å². The number of carbonyl (C=O) groups is 1. The van der Waals surface area contributed by atoms with E-state index in [2.05, 4.69) is 22.2 Å². The van der Waals surface area contributed by atoms with Crippen molar-refractivity contribution in [2.75, 3.05) is 19.8 Å². The van der Waals surface area contributed by atoms with Gasteiger partial charge in [-0.15, -0.1) is 11.3 Å². The van der Waals surface area contributed by atoms with E-state index in [-0.39, 0.29) is 5.91 Å². The van der Waals surface area contributed by atoms with Gasteiger partial charge in [0, 0.05) is 43.1 Å². The maximum absolute atomic E-state index is 11.9. The van der Waals surface area contributed by atoms with Crippen molar-refractivity contribution in [2.24, 2.45) is 0 Å². The van der Waals surface area contributed by atoms with Gasteiger partial charge in [0.25, 0.3) is 0 Å². The molecule has 2 heterocycles. The molecule has 1 amide bonds. The fourth-order valence-corrected chi connectivity index (χ4v) is 2.80. The lowest BCUT2D eigenvalue weighted by molar-refractivity contribution is -0.120. The molecule has 0 bridgehead atoms. The summed E-state index contributed by atoms with van der Waals surface area (Å²) in [5.41, 5.74) is 1.78. The standard InChI is InChI=1S/C17H23N3O2S/c1-2-3-9-22-10-5-8-19-16(21)11-15-13-23-17(20-15)14-6-4-7-18-12-14/h4,6-7,12-13H,2-3,5,8-11H2,1H3,(H,19,21). The number of carbonyl (C=O) groups excluding carboxylic acids is 1. The molecule has 23 heavy (non-hydrogen) atoms. The van der Waals surface area contributed by atoms with Gasteiger partial charge in [-0.25, -0.2) is 4.98 Å². The molecule has 0 unspecified atom stereocenters. The monoisotopic (exact) mass is 333 g/mol. The summed E-state index contributed by atoms with van der Waals surface area (Å²) in [7, 11) is 0. The molecule has 0 fully saturated rings. The summed E-state index contributed by atoms with van der Waals surface area (Å²) in [4.78, 5) is 20.5. The number of nitrogens with zero attached hydrogens (tertiary/aromatic N) is 2. The Labute approximate surface area is 141 Å². The zero-order valence-electron chi connectivity index (χ0n) is 13.5. The molecule has 0 aliphatic heterocycles. The quantitative estimate of drug-likeness (QED) is 0.679. The number of nitrogens with one attached hydrogen (secondary N) is 1. The van der Waals surface area contributed by atoms with Crippen LogP contribution in [0.2, 0.25) is 0 Å². The Balaban J connectivity index is 1.67. The fourth-order valence-electron chi connectivity index (χ4n) is 1.99. The van der Waals surface area contributed by atoms with Crippen molar-refractivity contribution < 1.29 is 9.53 Å². The molecule has 5 nitrogen and oxygen atoms in total. The third kappa shape index (κ3) is 6.46. The number of aromatic nitrogens is 2. The predicted molar refractivity (Wildman–Crippen MR) is 92.4 cm³/mol. The number of hydrogen-bond acceptors (Lipinski definition) is 5. The predicted octanol–water partition coefficient (Wildman–Crippen LogP) is 3.07. The van der Waals surface area contributed by atoms with E-state index in [1.165, 1.54) is 11.3 Å². The molecular formula is C17H23N3O2S. The Kier molecular flexibility index (Phi) is 7.69. The van der Waals surface area contributed by atoms with Crippen LogP contribution in [0.25, 0.3) is 10.6 Å². The molecule has 0 saturated carbocycles. The number of amides is 1. The number of hydrogen-bond donors (Lipinski definition) is 1. The lowest BCUT2D eigenvalue weighted by Crippen LogP contribution is -2.27. The smallest absolute Gasteiger partial charge is 0.226 e. The molecule has 0 atom stereocenters. The third-order valence-electron chi connectivity index (χ3n) is 3.23. The molecule has 0 radical (unpaired) electrons. The third-order valence-corrected chi connectivity index (χ3v) is 4.17. The van der Waals surface area contributed by atoms with Crippen molar-refractivity contribution in [3.63, 3.8) is 0 Å².